The van der Waals surface area contributed by atoms with E-state index in [-0.39, 0.29) is 22.7 Å². The zero-order valence-corrected chi connectivity index (χ0v) is 10.8. The van der Waals surface area contributed by atoms with Crippen molar-refractivity contribution in [3.63, 3.8) is 0 Å². The van der Waals surface area contributed by atoms with Crippen LogP contribution in [0.1, 0.15) is 30.1 Å². The van der Waals surface area contributed by atoms with Crippen molar-refractivity contribution in [1.82, 2.24) is 0 Å². The van der Waals surface area contributed by atoms with Gasteiger partial charge in [-0.05, 0) is 24.6 Å². The number of nitrogens with one attached hydrogen (secondary N) is 1. The fourth-order valence-electron chi connectivity index (χ4n) is 1.38. The van der Waals surface area contributed by atoms with Crippen LogP contribution < -0.4 is 10.5 Å². The highest BCUT2D eigenvalue weighted by Crippen LogP contribution is 2.20. The van der Waals surface area contributed by atoms with Crippen molar-refractivity contribution in [2.45, 2.75) is 19.8 Å². The Balaban J connectivity index is 3.01. The van der Waals surface area contributed by atoms with Gasteiger partial charge in [0.05, 0.1) is 17.0 Å². The second kappa shape index (κ2) is 5.72. The van der Waals surface area contributed by atoms with Crippen molar-refractivity contribution >= 4 is 27.4 Å². The van der Waals surface area contributed by atoms with Crippen molar-refractivity contribution in [2.75, 3.05) is 16.2 Å². The molecule has 0 atom stereocenters. The Morgan fingerprint density at radius 2 is 2.11 bits per heavy atom. The number of carboxylic acids is 1. The first kappa shape index (κ1) is 14.3. The first-order chi connectivity index (χ1) is 8.35. The molecule has 1 aromatic rings. The van der Waals surface area contributed by atoms with Gasteiger partial charge in [-0.1, -0.05) is 13.3 Å². The molecule has 1 aromatic carbocycles. The van der Waals surface area contributed by atoms with E-state index in [1.807, 2.05) is 6.92 Å². The number of nitrogen functional groups attached to an aromatic ring is 1. The van der Waals surface area contributed by atoms with E-state index >= 15 is 0 Å². The van der Waals surface area contributed by atoms with Crippen LogP contribution >= 0.6 is 0 Å². The molecule has 4 N–H and O–H groups in total. The molecule has 0 saturated carbocycles. The summed E-state index contributed by atoms with van der Waals surface area (Å²) in [6, 6.07) is 4.02. The molecule has 7 heteroatoms. The van der Waals surface area contributed by atoms with E-state index in [4.69, 9.17) is 10.8 Å². The molecule has 0 bridgehead atoms. The number of benzene rings is 1. The molecule has 0 aliphatic carbocycles. The maximum absolute atomic E-state index is 11.7. The summed E-state index contributed by atoms with van der Waals surface area (Å²) in [6.07, 6.45) is 1.27. The van der Waals surface area contributed by atoms with Gasteiger partial charge in [0.25, 0.3) is 0 Å². The number of rotatable bonds is 6. The molecule has 0 unspecified atom stereocenters. The smallest absolute Gasteiger partial charge is 0.337 e. The van der Waals surface area contributed by atoms with Crippen molar-refractivity contribution in [3.8, 4) is 0 Å². The lowest BCUT2D eigenvalue weighted by atomic mass is 10.1. The molecule has 0 radical (unpaired) electrons. The third-order valence-corrected chi connectivity index (χ3v) is 3.66. The Morgan fingerprint density at radius 3 is 2.67 bits per heavy atom. The molecule has 0 aromatic heterocycles. The van der Waals surface area contributed by atoms with Crippen LogP contribution in [0.5, 0.6) is 0 Å². The highest BCUT2D eigenvalue weighted by Gasteiger charge is 2.16. The van der Waals surface area contributed by atoms with Crippen LogP contribution in [0.25, 0.3) is 0 Å². The molecule has 0 aliphatic rings. The van der Waals surface area contributed by atoms with E-state index in [0.29, 0.717) is 6.42 Å². The van der Waals surface area contributed by atoms with E-state index in [1.165, 1.54) is 18.2 Å². The second-order valence-electron chi connectivity index (χ2n) is 3.88. The largest absolute Gasteiger partial charge is 0.478 e. The van der Waals surface area contributed by atoms with Gasteiger partial charge in [0.2, 0.25) is 10.0 Å². The number of aromatic carboxylic acids is 1. The normalized spacial score (nSPS) is 11.2. The van der Waals surface area contributed by atoms with E-state index in [2.05, 4.69) is 4.72 Å². The molecule has 1 rings (SSSR count). The average Bonchev–Trinajstić information content (AvgIpc) is 2.28. The Labute approximate surface area is 106 Å². The minimum Gasteiger partial charge on any atom is -0.478 e. The molecule has 0 heterocycles. The number of carbonyl (C=O) groups is 1. The molecule has 0 spiro atoms. The van der Waals surface area contributed by atoms with Crippen LogP contribution in [0.2, 0.25) is 0 Å². The Hall–Kier alpha value is -1.76. The summed E-state index contributed by atoms with van der Waals surface area (Å²) < 4.78 is 25.6. The lowest BCUT2D eigenvalue weighted by Crippen LogP contribution is -2.18. The topological polar surface area (TPSA) is 109 Å². The van der Waals surface area contributed by atoms with Gasteiger partial charge < -0.3 is 10.8 Å². The number of nitrogens with two attached hydrogens (primary N) is 1. The lowest BCUT2D eigenvalue weighted by Gasteiger charge is -2.10. The van der Waals surface area contributed by atoms with Crippen LogP contribution in [0, 0.1) is 0 Å². The average molecular weight is 272 g/mol. The van der Waals surface area contributed by atoms with Crippen molar-refractivity contribution in [3.05, 3.63) is 23.8 Å². The molecule has 18 heavy (non-hydrogen) atoms. The predicted octanol–water partition coefficient (Wildman–Crippen LogP) is 1.51. The summed E-state index contributed by atoms with van der Waals surface area (Å²) in [4.78, 5) is 11.0. The number of sulfonamides is 1. The molecule has 0 amide bonds. The second-order valence-corrected chi connectivity index (χ2v) is 5.73. The molecular formula is C11H16N2O4S. The monoisotopic (exact) mass is 272 g/mol. The van der Waals surface area contributed by atoms with Crippen LogP contribution in [0.3, 0.4) is 0 Å². The van der Waals surface area contributed by atoms with Gasteiger partial charge in [-0.3, -0.25) is 4.72 Å². The number of hydrogen-bond donors (Lipinski definition) is 3. The molecule has 0 aliphatic heterocycles. The SMILES string of the molecule is CCCCS(=O)(=O)Nc1ccc(N)cc1C(=O)O. The van der Waals surface area contributed by atoms with Crippen molar-refractivity contribution in [1.29, 1.82) is 0 Å². The Morgan fingerprint density at radius 1 is 1.44 bits per heavy atom. The van der Waals surface area contributed by atoms with Gasteiger partial charge in [-0.2, -0.15) is 0 Å². The molecule has 6 nitrogen and oxygen atoms in total. The number of unbranched alkanes of at least 4 members (excludes halogenated alkanes) is 1. The molecule has 100 valence electrons. The quantitative estimate of drug-likeness (QED) is 0.680. The fraction of sp³-hybridized carbons (Fsp3) is 0.364. The van der Waals surface area contributed by atoms with E-state index < -0.39 is 16.0 Å². The maximum Gasteiger partial charge on any atom is 0.337 e. The highest BCUT2D eigenvalue weighted by atomic mass is 32.2. The minimum atomic E-state index is -3.52. The number of carboxylic acid groups (broad SMARTS) is 1. The standard InChI is InChI=1S/C11H16N2O4S/c1-2-3-6-18(16,17)13-10-5-4-8(12)7-9(10)11(14)15/h4-5,7,13H,2-3,6,12H2,1H3,(H,14,15). The van der Waals surface area contributed by atoms with Gasteiger partial charge in [0, 0.05) is 5.69 Å². The predicted molar refractivity (Wildman–Crippen MR) is 70.1 cm³/mol. The zero-order valence-electron chi connectivity index (χ0n) is 10.0. The van der Waals surface area contributed by atoms with Crippen LogP contribution in [-0.2, 0) is 10.0 Å². The number of anilines is 2. The third kappa shape index (κ3) is 3.92. The summed E-state index contributed by atoms with van der Waals surface area (Å²) in [7, 11) is -3.52. The lowest BCUT2D eigenvalue weighted by molar-refractivity contribution is 0.0698. The summed E-state index contributed by atoms with van der Waals surface area (Å²) in [5.41, 5.74) is 5.61. The Kier molecular flexibility index (Phi) is 4.55. The van der Waals surface area contributed by atoms with E-state index in [9.17, 15) is 13.2 Å². The first-order valence-electron chi connectivity index (χ1n) is 5.49. The summed E-state index contributed by atoms with van der Waals surface area (Å²) in [5.74, 6) is -1.26. The van der Waals surface area contributed by atoms with Gasteiger partial charge in [-0.15, -0.1) is 0 Å². The van der Waals surface area contributed by atoms with E-state index in [0.717, 1.165) is 6.42 Å². The van der Waals surface area contributed by atoms with Crippen LogP contribution in [-0.4, -0.2) is 25.2 Å². The van der Waals surface area contributed by atoms with Gasteiger partial charge in [0.15, 0.2) is 0 Å². The fourth-order valence-corrected chi connectivity index (χ4v) is 2.66. The summed E-state index contributed by atoms with van der Waals surface area (Å²) in [6.45, 7) is 1.88. The van der Waals surface area contributed by atoms with Crippen LogP contribution in [0.4, 0.5) is 11.4 Å². The van der Waals surface area contributed by atoms with E-state index in [1.54, 1.807) is 0 Å². The molecule has 0 fully saturated rings. The third-order valence-electron chi connectivity index (χ3n) is 2.31. The minimum absolute atomic E-state index is 0.0348. The summed E-state index contributed by atoms with van der Waals surface area (Å²) >= 11 is 0. The highest BCUT2D eigenvalue weighted by molar-refractivity contribution is 7.92. The summed E-state index contributed by atoms with van der Waals surface area (Å²) in [5, 5.41) is 8.97. The van der Waals surface area contributed by atoms with Gasteiger partial charge in [-0.25, -0.2) is 13.2 Å². The Bertz CT molecular complexity index is 540. The maximum atomic E-state index is 11.7. The van der Waals surface area contributed by atoms with Gasteiger partial charge >= 0.3 is 5.97 Å². The zero-order chi connectivity index (χ0) is 13.8. The van der Waals surface area contributed by atoms with Crippen molar-refractivity contribution < 1.29 is 18.3 Å². The number of hydrogen-bond acceptors (Lipinski definition) is 4. The molecule has 0 saturated heterocycles. The van der Waals surface area contributed by atoms with Gasteiger partial charge in [0.1, 0.15) is 0 Å². The van der Waals surface area contributed by atoms with Crippen molar-refractivity contribution in [2.24, 2.45) is 0 Å². The molecular weight excluding hydrogens is 256 g/mol. The van der Waals surface area contributed by atoms with Crippen LogP contribution in [0.15, 0.2) is 18.2 Å². The first-order valence-corrected chi connectivity index (χ1v) is 7.14.